The van der Waals surface area contributed by atoms with Crippen LogP contribution >= 0.6 is 0 Å². The number of hydrogen-bond donors (Lipinski definition) is 1. The number of hydrogen-bond acceptors (Lipinski definition) is 2. The fraction of sp³-hybridized carbons (Fsp3) is 0.350. The second-order valence-electron chi connectivity index (χ2n) is 5.77. The molecule has 0 aromatic heterocycles. The van der Waals surface area contributed by atoms with Gasteiger partial charge in [-0.2, -0.15) is 0 Å². The molecule has 1 amide bonds. The molecule has 0 saturated carbocycles. The number of amides is 1. The molecule has 0 bridgehead atoms. The van der Waals surface area contributed by atoms with Crippen LogP contribution in [0.1, 0.15) is 31.4 Å². The number of ether oxygens (including phenoxy) is 1. The molecule has 0 unspecified atom stereocenters. The maximum atomic E-state index is 11.7. The number of carbonyl (C=O) groups excluding carboxylic acids is 1. The standard InChI is InChI=1S/C20H25NO2/c1-3-16(2)20(22)21-14-13-17-9-11-19(12-10-17)23-15-18-7-5-4-6-8-18/h4-12,16H,3,13-15H2,1-2H3,(H,21,22)/t16-/m1/s1. The van der Waals surface area contributed by atoms with Crippen molar-refractivity contribution >= 4 is 5.91 Å². The van der Waals surface area contributed by atoms with Crippen molar-refractivity contribution in [1.82, 2.24) is 5.32 Å². The molecule has 0 radical (unpaired) electrons. The van der Waals surface area contributed by atoms with Crippen molar-refractivity contribution in [3.63, 3.8) is 0 Å². The average molecular weight is 311 g/mol. The number of carbonyl (C=O) groups is 1. The topological polar surface area (TPSA) is 38.3 Å². The fourth-order valence-electron chi connectivity index (χ4n) is 2.18. The first-order valence-corrected chi connectivity index (χ1v) is 8.22. The summed E-state index contributed by atoms with van der Waals surface area (Å²) in [7, 11) is 0. The van der Waals surface area contributed by atoms with Crippen LogP contribution in [0, 0.1) is 5.92 Å². The summed E-state index contributed by atoms with van der Waals surface area (Å²) in [5.74, 6) is 1.08. The van der Waals surface area contributed by atoms with Crippen LogP contribution in [0.25, 0.3) is 0 Å². The summed E-state index contributed by atoms with van der Waals surface area (Å²) >= 11 is 0. The zero-order valence-electron chi connectivity index (χ0n) is 13.9. The first kappa shape index (κ1) is 17.1. The SMILES string of the molecule is CC[C@@H](C)C(=O)NCCc1ccc(OCc2ccccc2)cc1. The predicted octanol–water partition coefficient (Wildman–Crippen LogP) is 3.97. The molecule has 2 aromatic rings. The highest BCUT2D eigenvalue weighted by Crippen LogP contribution is 2.14. The van der Waals surface area contributed by atoms with Gasteiger partial charge in [-0.25, -0.2) is 0 Å². The Kier molecular flexibility index (Phi) is 6.67. The summed E-state index contributed by atoms with van der Waals surface area (Å²) in [6.07, 6.45) is 1.71. The molecule has 0 aliphatic rings. The van der Waals surface area contributed by atoms with Gasteiger partial charge in [-0.15, -0.1) is 0 Å². The van der Waals surface area contributed by atoms with Crippen LogP contribution in [0.5, 0.6) is 5.75 Å². The third-order valence-electron chi connectivity index (χ3n) is 3.94. The summed E-state index contributed by atoms with van der Waals surface area (Å²) in [5.41, 5.74) is 2.35. The fourth-order valence-corrected chi connectivity index (χ4v) is 2.18. The van der Waals surface area contributed by atoms with Gasteiger partial charge in [0.25, 0.3) is 0 Å². The molecule has 0 heterocycles. The molecule has 0 aliphatic carbocycles. The molecule has 0 fully saturated rings. The smallest absolute Gasteiger partial charge is 0.222 e. The van der Waals surface area contributed by atoms with Gasteiger partial charge in [-0.05, 0) is 36.1 Å². The molecule has 2 rings (SSSR count). The monoisotopic (exact) mass is 311 g/mol. The average Bonchev–Trinajstić information content (AvgIpc) is 2.61. The zero-order valence-corrected chi connectivity index (χ0v) is 13.9. The van der Waals surface area contributed by atoms with Gasteiger partial charge in [-0.1, -0.05) is 56.3 Å². The van der Waals surface area contributed by atoms with Crippen LogP contribution in [-0.4, -0.2) is 12.5 Å². The Labute approximate surface area is 138 Å². The van der Waals surface area contributed by atoms with Gasteiger partial charge in [0.05, 0.1) is 0 Å². The van der Waals surface area contributed by atoms with E-state index in [4.69, 9.17) is 4.74 Å². The lowest BCUT2D eigenvalue weighted by molar-refractivity contribution is -0.124. The van der Waals surface area contributed by atoms with E-state index in [1.165, 1.54) is 5.56 Å². The Morgan fingerprint density at radius 2 is 1.74 bits per heavy atom. The van der Waals surface area contributed by atoms with Crippen molar-refractivity contribution in [2.24, 2.45) is 5.92 Å². The van der Waals surface area contributed by atoms with E-state index in [9.17, 15) is 4.79 Å². The van der Waals surface area contributed by atoms with Crippen LogP contribution in [-0.2, 0) is 17.8 Å². The van der Waals surface area contributed by atoms with E-state index < -0.39 is 0 Å². The zero-order chi connectivity index (χ0) is 16.5. The molecule has 1 N–H and O–H groups in total. The third kappa shape index (κ3) is 5.78. The first-order chi connectivity index (χ1) is 11.2. The molecule has 2 aromatic carbocycles. The number of rotatable bonds is 8. The van der Waals surface area contributed by atoms with E-state index in [2.05, 4.69) is 17.4 Å². The highest BCUT2D eigenvalue weighted by molar-refractivity contribution is 5.78. The Bertz CT molecular complexity index is 593. The van der Waals surface area contributed by atoms with E-state index in [0.29, 0.717) is 13.2 Å². The maximum Gasteiger partial charge on any atom is 0.222 e. The molecule has 3 nitrogen and oxygen atoms in total. The molecule has 0 aliphatic heterocycles. The molecule has 23 heavy (non-hydrogen) atoms. The highest BCUT2D eigenvalue weighted by atomic mass is 16.5. The van der Waals surface area contributed by atoms with E-state index >= 15 is 0 Å². The normalized spacial score (nSPS) is 11.7. The number of nitrogens with one attached hydrogen (secondary N) is 1. The minimum Gasteiger partial charge on any atom is -0.489 e. The Morgan fingerprint density at radius 3 is 2.39 bits per heavy atom. The maximum absolute atomic E-state index is 11.7. The van der Waals surface area contributed by atoms with Crippen LogP contribution in [0.2, 0.25) is 0 Å². The Balaban J connectivity index is 1.75. The molecule has 1 atom stereocenters. The van der Waals surface area contributed by atoms with Crippen molar-refractivity contribution < 1.29 is 9.53 Å². The Morgan fingerprint density at radius 1 is 1.04 bits per heavy atom. The summed E-state index contributed by atoms with van der Waals surface area (Å²) in [5, 5.41) is 2.97. The van der Waals surface area contributed by atoms with Crippen molar-refractivity contribution in [3.8, 4) is 5.75 Å². The summed E-state index contributed by atoms with van der Waals surface area (Å²) in [6.45, 7) is 5.23. The van der Waals surface area contributed by atoms with Crippen LogP contribution in [0.15, 0.2) is 54.6 Å². The van der Waals surface area contributed by atoms with Crippen molar-refractivity contribution in [3.05, 3.63) is 65.7 Å². The van der Waals surface area contributed by atoms with Crippen LogP contribution in [0.4, 0.5) is 0 Å². The quantitative estimate of drug-likeness (QED) is 0.801. The lowest BCUT2D eigenvalue weighted by Crippen LogP contribution is -2.30. The summed E-state index contributed by atoms with van der Waals surface area (Å²) < 4.78 is 5.77. The molecule has 0 saturated heterocycles. The van der Waals surface area contributed by atoms with Crippen molar-refractivity contribution in [2.45, 2.75) is 33.3 Å². The van der Waals surface area contributed by atoms with Gasteiger partial charge < -0.3 is 10.1 Å². The van der Waals surface area contributed by atoms with E-state index in [1.54, 1.807) is 0 Å². The first-order valence-electron chi connectivity index (χ1n) is 8.22. The molecular formula is C20H25NO2. The van der Waals surface area contributed by atoms with Crippen LogP contribution < -0.4 is 10.1 Å². The highest BCUT2D eigenvalue weighted by Gasteiger charge is 2.08. The van der Waals surface area contributed by atoms with Gasteiger partial charge in [0, 0.05) is 12.5 Å². The predicted molar refractivity (Wildman–Crippen MR) is 93.4 cm³/mol. The van der Waals surface area contributed by atoms with Crippen molar-refractivity contribution in [1.29, 1.82) is 0 Å². The lowest BCUT2D eigenvalue weighted by Gasteiger charge is -2.10. The molecular weight excluding hydrogens is 286 g/mol. The number of benzene rings is 2. The second kappa shape index (κ2) is 8.99. The van der Waals surface area contributed by atoms with Gasteiger partial charge in [-0.3, -0.25) is 4.79 Å². The van der Waals surface area contributed by atoms with Crippen molar-refractivity contribution in [2.75, 3.05) is 6.54 Å². The Hall–Kier alpha value is -2.29. The van der Waals surface area contributed by atoms with E-state index in [1.807, 2.05) is 56.3 Å². The molecule has 3 heteroatoms. The van der Waals surface area contributed by atoms with Gasteiger partial charge >= 0.3 is 0 Å². The van der Waals surface area contributed by atoms with E-state index in [0.717, 1.165) is 24.2 Å². The third-order valence-corrected chi connectivity index (χ3v) is 3.94. The second-order valence-corrected chi connectivity index (χ2v) is 5.77. The van der Waals surface area contributed by atoms with Gasteiger partial charge in [0.15, 0.2) is 0 Å². The molecule has 0 spiro atoms. The minimum absolute atomic E-state index is 0.0868. The van der Waals surface area contributed by atoms with Gasteiger partial charge in [0.1, 0.15) is 12.4 Å². The van der Waals surface area contributed by atoms with Gasteiger partial charge in [0.2, 0.25) is 5.91 Å². The summed E-state index contributed by atoms with van der Waals surface area (Å²) in [4.78, 5) is 11.7. The van der Waals surface area contributed by atoms with Crippen LogP contribution in [0.3, 0.4) is 0 Å². The van der Waals surface area contributed by atoms with E-state index in [-0.39, 0.29) is 11.8 Å². The largest absolute Gasteiger partial charge is 0.489 e. The molecule has 122 valence electrons. The minimum atomic E-state index is 0.0868. The lowest BCUT2D eigenvalue weighted by atomic mass is 10.1. The summed E-state index contributed by atoms with van der Waals surface area (Å²) in [6, 6.07) is 18.2.